The van der Waals surface area contributed by atoms with Crippen molar-refractivity contribution in [3.8, 4) is 5.69 Å². The highest BCUT2D eigenvalue weighted by molar-refractivity contribution is 5.94. The molecule has 0 aliphatic rings. The average molecular weight is 351 g/mol. The van der Waals surface area contributed by atoms with Crippen LogP contribution >= 0.6 is 0 Å². The number of benzene rings is 1. The van der Waals surface area contributed by atoms with E-state index in [4.69, 9.17) is 4.74 Å². The molecular weight excluding hydrogens is 339 g/mol. The van der Waals surface area contributed by atoms with Gasteiger partial charge >= 0.3 is 12.1 Å². The highest BCUT2D eigenvalue weighted by Crippen LogP contribution is 2.31. The number of nitrogens with zero attached hydrogens (tertiary/aromatic N) is 4. The van der Waals surface area contributed by atoms with E-state index in [1.54, 1.807) is 18.2 Å². The SMILES string of the molecule is CNc1nc(C(F)(F)F)nc2c1ncn2-c1ccccc1C(=O)OC. The fraction of sp³-hybridized carbons (Fsp3) is 0.200. The van der Waals surface area contributed by atoms with E-state index in [0.29, 0.717) is 5.69 Å². The van der Waals surface area contributed by atoms with Gasteiger partial charge in [0, 0.05) is 7.05 Å². The Morgan fingerprint density at radius 2 is 1.96 bits per heavy atom. The van der Waals surface area contributed by atoms with Gasteiger partial charge in [-0.15, -0.1) is 0 Å². The van der Waals surface area contributed by atoms with Gasteiger partial charge in [-0.3, -0.25) is 4.57 Å². The van der Waals surface area contributed by atoms with E-state index in [2.05, 4.69) is 20.3 Å². The quantitative estimate of drug-likeness (QED) is 0.731. The fourth-order valence-electron chi connectivity index (χ4n) is 2.34. The number of nitrogens with one attached hydrogen (secondary N) is 1. The molecule has 3 rings (SSSR count). The molecule has 0 saturated heterocycles. The summed E-state index contributed by atoms with van der Waals surface area (Å²) in [5.74, 6) is -2.00. The van der Waals surface area contributed by atoms with Gasteiger partial charge in [0.15, 0.2) is 17.0 Å². The minimum absolute atomic E-state index is 0.0633. The fourth-order valence-corrected chi connectivity index (χ4v) is 2.34. The third-order valence-corrected chi connectivity index (χ3v) is 3.46. The smallest absolute Gasteiger partial charge is 0.451 e. The number of carbonyl (C=O) groups is 1. The molecule has 0 aliphatic carbocycles. The van der Waals surface area contributed by atoms with Crippen molar-refractivity contribution in [1.29, 1.82) is 0 Å². The minimum Gasteiger partial charge on any atom is -0.465 e. The second-order valence-corrected chi connectivity index (χ2v) is 4.94. The second kappa shape index (κ2) is 6.04. The molecule has 25 heavy (non-hydrogen) atoms. The Balaban J connectivity index is 2.31. The van der Waals surface area contributed by atoms with Crippen LogP contribution in [0.1, 0.15) is 16.2 Å². The summed E-state index contributed by atoms with van der Waals surface area (Å²) in [4.78, 5) is 23.1. The Labute approximate surface area is 139 Å². The molecule has 0 radical (unpaired) electrons. The van der Waals surface area contributed by atoms with Crippen LogP contribution in [0.3, 0.4) is 0 Å². The van der Waals surface area contributed by atoms with Crippen LogP contribution < -0.4 is 5.32 Å². The van der Waals surface area contributed by atoms with Crippen LogP contribution in [-0.2, 0) is 10.9 Å². The number of fused-ring (bicyclic) bond motifs is 1. The van der Waals surface area contributed by atoms with Crippen molar-refractivity contribution >= 4 is 23.0 Å². The van der Waals surface area contributed by atoms with E-state index >= 15 is 0 Å². The van der Waals surface area contributed by atoms with Crippen molar-refractivity contribution in [2.75, 3.05) is 19.5 Å². The molecule has 0 spiro atoms. The molecule has 0 atom stereocenters. The van der Waals surface area contributed by atoms with Crippen LogP contribution in [0.4, 0.5) is 19.0 Å². The van der Waals surface area contributed by atoms with E-state index < -0.39 is 18.0 Å². The predicted octanol–water partition coefficient (Wildman–Crippen LogP) is 2.66. The number of hydrogen-bond acceptors (Lipinski definition) is 6. The molecule has 0 unspecified atom stereocenters. The first-order chi connectivity index (χ1) is 11.9. The maximum absolute atomic E-state index is 13.1. The van der Waals surface area contributed by atoms with Crippen LogP contribution in [0.2, 0.25) is 0 Å². The number of imidazole rings is 1. The summed E-state index contributed by atoms with van der Waals surface area (Å²) in [5.41, 5.74) is 0.534. The highest BCUT2D eigenvalue weighted by Gasteiger charge is 2.36. The van der Waals surface area contributed by atoms with E-state index in [-0.39, 0.29) is 22.5 Å². The third-order valence-electron chi connectivity index (χ3n) is 3.46. The molecule has 130 valence electrons. The number of alkyl halides is 3. The van der Waals surface area contributed by atoms with Gasteiger partial charge in [0.05, 0.1) is 18.4 Å². The molecular formula is C15H12F3N5O2. The predicted molar refractivity (Wildman–Crippen MR) is 82.5 cm³/mol. The summed E-state index contributed by atoms with van der Waals surface area (Å²) in [6, 6.07) is 6.31. The standard InChI is InChI=1S/C15H12F3N5O2/c1-19-11-10-12(22-14(21-11)15(16,17)18)23(7-20-10)9-6-4-3-5-8(9)13(24)25-2/h3-7H,1-2H3,(H,19,21,22). The molecule has 0 amide bonds. The van der Waals surface area contributed by atoms with Crippen molar-refractivity contribution in [1.82, 2.24) is 19.5 Å². The summed E-state index contributed by atoms with van der Waals surface area (Å²) in [7, 11) is 2.65. The van der Waals surface area contributed by atoms with Gasteiger partial charge in [0.1, 0.15) is 6.33 Å². The van der Waals surface area contributed by atoms with E-state index in [1.165, 1.54) is 31.1 Å². The maximum atomic E-state index is 13.1. The van der Waals surface area contributed by atoms with Gasteiger partial charge in [0.25, 0.3) is 0 Å². The number of halogens is 3. The van der Waals surface area contributed by atoms with Crippen molar-refractivity contribution < 1.29 is 22.7 Å². The molecule has 3 aromatic rings. The van der Waals surface area contributed by atoms with Crippen molar-refractivity contribution in [2.24, 2.45) is 0 Å². The van der Waals surface area contributed by atoms with Crippen molar-refractivity contribution in [3.05, 3.63) is 42.0 Å². The van der Waals surface area contributed by atoms with Crippen molar-refractivity contribution in [2.45, 2.75) is 6.18 Å². The van der Waals surface area contributed by atoms with Gasteiger partial charge in [-0.2, -0.15) is 13.2 Å². The zero-order chi connectivity index (χ0) is 18.2. The van der Waals surface area contributed by atoms with Crippen LogP contribution in [0.5, 0.6) is 0 Å². The molecule has 0 saturated carbocycles. The molecule has 0 fully saturated rings. The number of methoxy groups -OCH3 is 1. The van der Waals surface area contributed by atoms with E-state index in [0.717, 1.165) is 0 Å². The van der Waals surface area contributed by atoms with Gasteiger partial charge in [0.2, 0.25) is 5.82 Å². The van der Waals surface area contributed by atoms with E-state index in [1.807, 2.05) is 0 Å². The molecule has 1 aromatic carbocycles. The Kier molecular flexibility index (Phi) is 4.03. The Bertz CT molecular complexity index is 952. The van der Waals surface area contributed by atoms with Crippen molar-refractivity contribution in [3.63, 3.8) is 0 Å². The molecule has 2 heterocycles. The Morgan fingerprint density at radius 1 is 1.24 bits per heavy atom. The van der Waals surface area contributed by atoms with Crippen LogP contribution in [-0.4, -0.2) is 39.6 Å². The lowest BCUT2D eigenvalue weighted by molar-refractivity contribution is -0.144. The number of rotatable bonds is 3. The highest BCUT2D eigenvalue weighted by atomic mass is 19.4. The zero-order valence-electron chi connectivity index (χ0n) is 13.1. The van der Waals surface area contributed by atoms with Crippen LogP contribution in [0.15, 0.2) is 30.6 Å². The molecule has 2 aromatic heterocycles. The first-order valence-corrected chi connectivity index (χ1v) is 7.04. The van der Waals surface area contributed by atoms with Crippen LogP contribution in [0.25, 0.3) is 16.9 Å². The number of aromatic nitrogens is 4. The summed E-state index contributed by atoms with van der Waals surface area (Å²) >= 11 is 0. The van der Waals surface area contributed by atoms with E-state index in [9.17, 15) is 18.0 Å². The number of anilines is 1. The first-order valence-electron chi connectivity index (χ1n) is 7.04. The average Bonchev–Trinajstić information content (AvgIpc) is 3.03. The second-order valence-electron chi connectivity index (χ2n) is 4.94. The molecule has 0 aliphatic heterocycles. The normalized spacial score (nSPS) is 11.6. The molecule has 7 nitrogen and oxygen atoms in total. The molecule has 0 bridgehead atoms. The summed E-state index contributed by atoms with van der Waals surface area (Å²) in [5, 5.41) is 2.58. The number of ether oxygens (including phenoxy) is 1. The molecule has 1 N–H and O–H groups in total. The van der Waals surface area contributed by atoms with Crippen LogP contribution in [0, 0.1) is 0 Å². The Morgan fingerprint density at radius 3 is 2.60 bits per heavy atom. The summed E-state index contributed by atoms with van der Waals surface area (Å²) in [6.07, 6.45) is -3.45. The summed E-state index contributed by atoms with van der Waals surface area (Å²) < 4.78 is 45.2. The first kappa shape index (κ1) is 16.7. The minimum atomic E-state index is -4.73. The lowest BCUT2D eigenvalue weighted by atomic mass is 10.2. The third kappa shape index (κ3) is 2.86. The number of para-hydroxylation sites is 1. The lowest BCUT2D eigenvalue weighted by Crippen LogP contribution is -2.14. The maximum Gasteiger partial charge on any atom is 0.451 e. The number of hydrogen-bond donors (Lipinski definition) is 1. The monoisotopic (exact) mass is 351 g/mol. The zero-order valence-corrected chi connectivity index (χ0v) is 13.1. The lowest BCUT2D eigenvalue weighted by Gasteiger charge is -2.11. The summed E-state index contributed by atoms with van der Waals surface area (Å²) in [6.45, 7) is 0. The topological polar surface area (TPSA) is 81.9 Å². The van der Waals surface area contributed by atoms with Gasteiger partial charge in [-0.25, -0.2) is 19.7 Å². The van der Waals surface area contributed by atoms with Gasteiger partial charge in [-0.05, 0) is 12.1 Å². The Hall–Kier alpha value is -3.17. The number of carbonyl (C=O) groups excluding carboxylic acids is 1. The van der Waals surface area contributed by atoms with Gasteiger partial charge < -0.3 is 10.1 Å². The molecule has 10 heteroatoms. The largest absolute Gasteiger partial charge is 0.465 e. The van der Waals surface area contributed by atoms with Gasteiger partial charge in [-0.1, -0.05) is 12.1 Å². The number of esters is 1.